The number of rotatable bonds is 2. The minimum Gasteiger partial charge on any atom is -0.508 e. The standard InChI is InChI=1S/C14H11ClFNO2/c1-8-2-5-13(11(15)6-8)17-14(19)10-4-3-9(18)7-12(10)16/h2-7,18H,1H3,(H,17,19). The van der Waals surface area contributed by atoms with Crippen LogP contribution < -0.4 is 5.32 Å². The summed E-state index contributed by atoms with van der Waals surface area (Å²) in [6.07, 6.45) is 0. The van der Waals surface area contributed by atoms with E-state index in [1.165, 1.54) is 12.1 Å². The molecule has 0 saturated carbocycles. The zero-order valence-electron chi connectivity index (χ0n) is 10.1. The van der Waals surface area contributed by atoms with Gasteiger partial charge in [-0.2, -0.15) is 0 Å². The van der Waals surface area contributed by atoms with Crippen molar-refractivity contribution in [2.24, 2.45) is 0 Å². The highest BCUT2D eigenvalue weighted by Gasteiger charge is 2.13. The lowest BCUT2D eigenvalue weighted by atomic mass is 10.1. The van der Waals surface area contributed by atoms with Crippen molar-refractivity contribution >= 4 is 23.2 Å². The molecule has 0 bridgehead atoms. The zero-order chi connectivity index (χ0) is 14.0. The summed E-state index contributed by atoms with van der Waals surface area (Å²) in [5, 5.41) is 12.0. The smallest absolute Gasteiger partial charge is 0.258 e. The number of carbonyl (C=O) groups is 1. The van der Waals surface area contributed by atoms with Gasteiger partial charge < -0.3 is 10.4 Å². The topological polar surface area (TPSA) is 49.3 Å². The van der Waals surface area contributed by atoms with E-state index in [0.717, 1.165) is 11.6 Å². The molecule has 2 aromatic carbocycles. The number of phenolic OH excluding ortho intramolecular Hbond substituents is 1. The highest BCUT2D eigenvalue weighted by Crippen LogP contribution is 2.24. The van der Waals surface area contributed by atoms with Crippen LogP contribution in [-0.4, -0.2) is 11.0 Å². The van der Waals surface area contributed by atoms with Crippen LogP contribution in [0.25, 0.3) is 0 Å². The van der Waals surface area contributed by atoms with Crippen LogP contribution in [0.5, 0.6) is 5.75 Å². The number of amides is 1. The van der Waals surface area contributed by atoms with E-state index in [-0.39, 0.29) is 11.3 Å². The predicted octanol–water partition coefficient (Wildman–Crippen LogP) is 3.75. The minimum absolute atomic E-state index is 0.158. The van der Waals surface area contributed by atoms with Gasteiger partial charge in [0.15, 0.2) is 0 Å². The third-order valence-electron chi connectivity index (χ3n) is 2.57. The molecule has 0 radical (unpaired) electrons. The van der Waals surface area contributed by atoms with E-state index in [1.807, 2.05) is 6.92 Å². The summed E-state index contributed by atoms with van der Waals surface area (Å²) in [7, 11) is 0. The number of nitrogens with one attached hydrogen (secondary N) is 1. The number of hydrogen-bond acceptors (Lipinski definition) is 2. The Balaban J connectivity index is 2.25. The number of phenols is 1. The number of aryl methyl sites for hydroxylation is 1. The zero-order valence-corrected chi connectivity index (χ0v) is 10.8. The molecule has 0 aliphatic rings. The van der Waals surface area contributed by atoms with Gasteiger partial charge in [0, 0.05) is 6.07 Å². The Bertz CT molecular complexity index is 643. The molecule has 0 unspecified atom stereocenters. The molecule has 2 aromatic rings. The fourth-order valence-corrected chi connectivity index (χ4v) is 1.88. The molecule has 0 aliphatic carbocycles. The molecule has 0 saturated heterocycles. The van der Waals surface area contributed by atoms with Gasteiger partial charge in [-0.3, -0.25) is 4.79 Å². The number of carbonyl (C=O) groups excluding carboxylic acids is 1. The average molecular weight is 280 g/mol. The van der Waals surface area contributed by atoms with Gasteiger partial charge in [-0.15, -0.1) is 0 Å². The monoisotopic (exact) mass is 279 g/mol. The van der Waals surface area contributed by atoms with Gasteiger partial charge in [0.2, 0.25) is 0 Å². The molecule has 98 valence electrons. The predicted molar refractivity (Wildman–Crippen MR) is 72.2 cm³/mol. The summed E-state index contributed by atoms with van der Waals surface area (Å²) < 4.78 is 13.5. The van der Waals surface area contributed by atoms with Crippen LogP contribution in [0.4, 0.5) is 10.1 Å². The maximum absolute atomic E-state index is 13.5. The Morgan fingerprint density at radius 3 is 2.63 bits per heavy atom. The fourth-order valence-electron chi connectivity index (χ4n) is 1.60. The first kappa shape index (κ1) is 13.4. The van der Waals surface area contributed by atoms with Crippen molar-refractivity contribution in [1.29, 1.82) is 0 Å². The van der Waals surface area contributed by atoms with Gasteiger partial charge in [0.1, 0.15) is 11.6 Å². The average Bonchev–Trinajstić information content (AvgIpc) is 2.32. The maximum Gasteiger partial charge on any atom is 0.258 e. The van der Waals surface area contributed by atoms with E-state index >= 15 is 0 Å². The Kier molecular flexibility index (Phi) is 3.71. The van der Waals surface area contributed by atoms with Crippen LogP contribution in [0.3, 0.4) is 0 Å². The van der Waals surface area contributed by atoms with Gasteiger partial charge in [0.25, 0.3) is 5.91 Å². The van der Waals surface area contributed by atoms with E-state index in [0.29, 0.717) is 10.7 Å². The van der Waals surface area contributed by atoms with Crippen molar-refractivity contribution in [3.63, 3.8) is 0 Å². The molecule has 0 spiro atoms. The quantitative estimate of drug-likeness (QED) is 0.880. The number of benzene rings is 2. The minimum atomic E-state index is -0.791. The summed E-state index contributed by atoms with van der Waals surface area (Å²) in [5.74, 6) is -1.65. The third kappa shape index (κ3) is 3.03. The summed E-state index contributed by atoms with van der Waals surface area (Å²) >= 11 is 5.98. The normalized spacial score (nSPS) is 10.3. The second kappa shape index (κ2) is 5.28. The molecular weight excluding hydrogens is 269 g/mol. The van der Waals surface area contributed by atoms with Gasteiger partial charge in [-0.25, -0.2) is 4.39 Å². The molecule has 0 fully saturated rings. The molecule has 2 rings (SSSR count). The highest BCUT2D eigenvalue weighted by atomic mass is 35.5. The van der Waals surface area contributed by atoms with Crippen molar-refractivity contribution in [2.75, 3.05) is 5.32 Å². The van der Waals surface area contributed by atoms with E-state index < -0.39 is 11.7 Å². The van der Waals surface area contributed by atoms with Crippen molar-refractivity contribution in [3.05, 3.63) is 58.4 Å². The van der Waals surface area contributed by atoms with Crippen LogP contribution in [-0.2, 0) is 0 Å². The molecule has 0 heterocycles. The van der Waals surface area contributed by atoms with Crippen LogP contribution >= 0.6 is 11.6 Å². The van der Waals surface area contributed by atoms with Crippen LogP contribution in [0.2, 0.25) is 5.02 Å². The SMILES string of the molecule is Cc1ccc(NC(=O)c2ccc(O)cc2F)c(Cl)c1. The van der Waals surface area contributed by atoms with Gasteiger partial charge in [-0.1, -0.05) is 17.7 Å². The van der Waals surface area contributed by atoms with E-state index in [1.54, 1.807) is 18.2 Å². The van der Waals surface area contributed by atoms with Crippen molar-refractivity contribution < 1.29 is 14.3 Å². The maximum atomic E-state index is 13.5. The van der Waals surface area contributed by atoms with E-state index in [2.05, 4.69) is 5.32 Å². The first-order valence-corrected chi connectivity index (χ1v) is 5.91. The number of anilines is 1. The Morgan fingerprint density at radius 1 is 1.26 bits per heavy atom. The van der Waals surface area contributed by atoms with Crippen molar-refractivity contribution in [2.45, 2.75) is 6.92 Å². The molecule has 0 atom stereocenters. The molecule has 19 heavy (non-hydrogen) atoms. The molecule has 0 aliphatic heterocycles. The lowest BCUT2D eigenvalue weighted by Crippen LogP contribution is -2.14. The lowest BCUT2D eigenvalue weighted by Gasteiger charge is -2.08. The van der Waals surface area contributed by atoms with Crippen LogP contribution in [0.15, 0.2) is 36.4 Å². The first-order chi connectivity index (χ1) is 8.97. The van der Waals surface area contributed by atoms with Crippen LogP contribution in [0.1, 0.15) is 15.9 Å². The number of aromatic hydroxyl groups is 1. The van der Waals surface area contributed by atoms with Gasteiger partial charge in [-0.05, 0) is 36.8 Å². The largest absolute Gasteiger partial charge is 0.508 e. The molecule has 2 N–H and O–H groups in total. The second-order valence-electron chi connectivity index (χ2n) is 4.10. The van der Waals surface area contributed by atoms with E-state index in [4.69, 9.17) is 16.7 Å². The van der Waals surface area contributed by atoms with E-state index in [9.17, 15) is 9.18 Å². The first-order valence-electron chi connectivity index (χ1n) is 5.53. The summed E-state index contributed by atoms with van der Waals surface area (Å²) in [6.45, 7) is 1.87. The fraction of sp³-hybridized carbons (Fsp3) is 0.0714. The summed E-state index contributed by atoms with van der Waals surface area (Å²) in [4.78, 5) is 11.9. The Hall–Kier alpha value is -2.07. The van der Waals surface area contributed by atoms with Crippen molar-refractivity contribution in [3.8, 4) is 5.75 Å². The molecule has 1 amide bonds. The Labute approximate surface area is 114 Å². The Morgan fingerprint density at radius 2 is 2.00 bits per heavy atom. The molecule has 3 nitrogen and oxygen atoms in total. The second-order valence-corrected chi connectivity index (χ2v) is 4.51. The van der Waals surface area contributed by atoms with Crippen molar-refractivity contribution in [1.82, 2.24) is 0 Å². The molecule has 0 aromatic heterocycles. The highest BCUT2D eigenvalue weighted by molar-refractivity contribution is 6.34. The van der Waals surface area contributed by atoms with Crippen LogP contribution in [0, 0.1) is 12.7 Å². The third-order valence-corrected chi connectivity index (χ3v) is 2.88. The number of halogens is 2. The van der Waals surface area contributed by atoms with Gasteiger partial charge in [0.05, 0.1) is 16.3 Å². The number of hydrogen-bond donors (Lipinski definition) is 2. The molecular formula is C14H11ClFNO2. The van der Waals surface area contributed by atoms with Gasteiger partial charge >= 0.3 is 0 Å². The lowest BCUT2D eigenvalue weighted by molar-refractivity contribution is 0.102. The molecule has 5 heteroatoms. The summed E-state index contributed by atoms with van der Waals surface area (Å²) in [6, 6.07) is 8.47. The summed E-state index contributed by atoms with van der Waals surface area (Å²) in [5.41, 5.74) is 1.21.